The number of nitrogens with zero attached hydrogens (tertiary/aromatic N) is 3. The van der Waals surface area contributed by atoms with Crippen LogP contribution in [0.15, 0.2) is 28.8 Å². The second-order valence-electron chi connectivity index (χ2n) is 6.17. The molecule has 2 heterocycles. The normalized spacial score (nSPS) is 16.2. The van der Waals surface area contributed by atoms with Crippen molar-refractivity contribution in [2.75, 3.05) is 13.1 Å². The topological polar surface area (TPSA) is 71.3 Å². The maximum atomic E-state index is 13.6. The van der Waals surface area contributed by atoms with Gasteiger partial charge in [-0.1, -0.05) is 31.1 Å². The number of amides is 2. The lowest BCUT2D eigenvalue weighted by Gasteiger charge is -2.45. The molecule has 0 saturated carbocycles. The van der Waals surface area contributed by atoms with E-state index in [2.05, 4.69) is 29.3 Å². The molecule has 22 heavy (non-hydrogen) atoms. The van der Waals surface area contributed by atoms with Gasteiger partial charge in [-0.05, 0) is 12.1 Å². The van der Waals surface area contributed by atoms with E-state index in [-0.39, 0.29) is 29.4 Å². The van der Waals surface area contributed by atoms with Crippen LogP contribution in [0.5, 0.6) is 0 Å². The molecule has 0 radical (unpaired) electrons. The monoisotopic (exact) mass is 304 g/mol. The van der Waals surface area contributed by atoms with Gasteiger partial charge in [-0.25, -0.2) is 9.18 Å². The van der Waals surface area contributed by atoms with Crippen molar-refractivity contribution in [3.63, 3.8) is 0 Å². The van der Waals surface area contributed by atoms with Crippen molar-refractivity contribution in [2.45, 2.75) is 20.4 Å². The second kappa shape index (κ2) is 5.40. The number of halogens is 1. The Hall–Kier alpha value is -2.44. The van der Waals surface area contributed by atoms with Crippen molar-refractivity contribution in [1.29, 1.82) is 0 Å². The third kappa shape index (κ3) is 2.93. The minimum absolute atomic E-state index is 0.104. The highest BCUT2D eigenvalue weighted by Crippen LogP contribution is 2.28. The number of nitrogens with one attached hydrogen (secondary N) is 1. The first-order chi connectivity index (χ1) is 10.4. The van der Waals surface area contributed by atoms with Gasteiger partial charge in [0, 0.05) is 18.5 Å². The van der Waals surface area contributed by atoms with Gasteiger partial charge >= 0.3 is 6.03 Å². The number of carbonyl (C=O) groups excluding carboxylic acids is 1. The van der Waals surface area contributed by atoms with Crippen LogP contribution in [0.4, 0.5) is 9.18 Å². The Morgan fingerprint density at radius 1 is 1.41 bits per heavy atom. The van der Waals surface area contributed by atoms with Crippen LogP contribution in [-0.2, 0) is 6.54 Å². The van der Waals surface area contributed by atoms with Gasteiger partial charge in [0.1, 0.15) is 5.82 Å². The Morgan fingerprint density at radius 2 is 2.14 bits per heavy atom. The summed E-state index contributed by atoms with van der Waals surface area (Å²) in [4.78, 5) is 17.7. The summed E-state index contributed by atoms with van der Waals surface area (Å²) in [5.74, 6) is -0.0108. The summed E-state index contributed by atoms with van der Waals surface area (Å²) in [6.45, 7) is 5.82. The van der Waals surface area contributed by atoms with E-state index in [1.54, 1.807) is 23.1 Å². The van der Waals surface area contributed by atoms with Gasteiger partial charge < -0.3 is 14.7 Å². The second-order valence-corrected chi connectivity index (χ2v) is 6.17. The Balaban J connectivity index is 1.59. The van der Waals surface area contributed by atoms with Crippen molar-refractivity contribution < 1.29 is 13.7 Å². The van der Waals surface area contributed by atoms with Crippen molar-refractivity contribution >= 4 is 6.03 Å². The quantitative estimate of drug-likeness (QED) is 0.945. The number of hydrogen-bond acceptors (Lipinski definition) is 4. The molecule has 0 atom stereocenters. The smallest absolute Gasteiger partial charge is 0.317 e. The lowest BCUT2D eigenvalue weighted by molar-refractivity contribution is 0.0615. The number of carbonyl (C=O) groups is 1. The van der Waals surface area contributed by atoms with Gasteiger partial charge in [-0.15, -0.1) is 0 Å². The average Bonchev–Trinajstić information content (AvgIpc) is 2.91. The minimum Gasteiger partial charge on any atom is -0.334 e. The van der Waals surface area contributed by atoms with Gasteiger partial charge in [0.05, 0.1) is 12.1 Å². The van der Waals surface area contributed by atoms with Crippen molar-refractivity contribution in [3.05, 3.63) is 35.9 Å². The molecule has 0 bridgehead atoms. The van der Waals surface area contributed by atoms with Crippen molar-refractivity contribution in [2.24, 2.45) is 5.41 Å². The Bertz CT molecular complexity index is 690. The molecule has 0 aliphatic carbocycles. The first-order valence-electron chi connectivity index (χ1n) is 7.05. The molecule has 3 rings (SSSR count). The van der Waals surface area contributed by atoms with Gasteiger partial charge in [0.15, 0.2) is 5.82 Å². The SMILES string of the molecule is CC1(C)CN(C(=O)NCc2noc(-c3ccccc3F)n2)C1. The van der Waals surface area contributed by atoms with E-state index < -0.39 is 5.82 Å². The van der Waals surface area contributed by atoms with Gasteiger partial charge in [-0.3, -0.25) is 0 Å². The zero-order chi connectivity index (χ0) is 15.7. The zero-order valence-corrected chi connectivity index (χ0v) is 12.5. The number of aromatic nitrogens is 2. The van der Waals surface area contributed by atoms with Crippen LogP contribution in [0, 0.1) is 11.2 Å². The zero-order valence-electron chi connectivity index (χ0n) is 12.5. The fourth-order valence-electron chi connectivity index (χ4n) is 2.47. The van der Waals surface area contributed by atoms with Gasteiger partial charge in [0.25, 0.3) is 5.89 Å². The summed E-state index contributed by atoms with van der Waals surface area (Å²) in [7, 11) is 0. The van der Waals surface area contributed by atoms with Crippen LogP contribution in [0.1, 0.15) is 19.7 Å². The van der Waals surface area contributed by atoms with E-state index in [4.69, 9.17) is 4.52 Å². The summed E-state index contributed by atoms with van der Waals surface area (Å²) in [6, 6.07) is 6.01. The molecular weight excluding hydrogens is 287 g/mol. The predicted octanol–water partition coefficient (Wildman–Crippen LogP) is 2.43. The third-order valence-electron chi connectivity index (χ3n) is 3.50. The number of likely N-dealkylation sites (tertiary alicyclic amines) is 1. The largest absolute Gasteiger partial charge is 0.334 e. The third-order valence-corrected chi connectivity index (χ3v) is 3.50. The van der Waals surface area contributed by atoms with Crippen molar-refractivity contribution in [1.82, 2.24) is 20.4 Å². The molecule has 6 nitrogen and oxygen atoms in total. The number of urea groups is 1. The van der Waals surface area contributed by atoms with E-state index in [0.717, 1.165) is 13.1 Å². The molecule has 1 aromatic heterocycles. The first kappa shape index (κ1) is 14.5. The Labute approximate surface area is 127 Å². The van der Waals surface area contributed by atoms with E-state index in [0.29, 0.717) is 5.82 Å². The number of benzene rings is 1. The average molecular weight is 304 g/mol. The highest BCUT2D eigenvalue weighted by molar-refractivity contribution is 5.75. The molecule has 116 valence electrons. The van der Waals surface area contributed by atoms with Crippen LogP contribution < -0.4 is 5.32 Å². The summed E-state index contributed by atoms with van der Waals surface area (Å²) in [6.07, 6.45) is 0. The van der Waals surface area contributed by atoms with E-state index in [9.17, 15) is 9.18 Å². The highest BCUT2D eigenvalue weighted by atomic mass is 19.1. The summed E-state index contributed by atoms with van der Waals surface area (Å²) >= 11 is 0. The molecule has 1 saturated heterocycles. The Kier molecular flexibility index (Phi) is 3.56. The molecule has 2 aromatic rings. The standard InChI is InChI=1S/C15H17FN4O2/c1-15(2)8-20(9-15)14(21)17-7-12-18-13(22-19-12)10-5-3-4-6-11(10)16/h3-6H,7-9H2,1-2H3,(H,17,21). The highest BCUT2D eigenvalue weighted by Gasteiger charge is 2.37. The molecular formula is C15H17FN4O2. The fraction of sp³-hybridized carbons (Fsp3) is 0.400. The number of rotatable bonds is 3. The fourth-order valence-corrected chi connectivity index (χ4v) is 2.47. The van der Waals surface area contributed by atoms with Crippen LogP contribution in [0.2, 0.25) is 0 Å². The maximum Gasteiger partial charge on any atom is 0.317 e. The van der Waals surface area contributed by atoms with Crippen molar-refractivity contribution in [3.8, 4) is 11.5 Å². The van der Waals surface area contributed by atoms with Crippen LogP contribution in [0.3, 0.4) is 0 Å². The molecule has 1 N–H and O–H groups in total. The van der Waals surface area contributed by atoms with Crippen LogP contribution in [0.25, 0.3) is 11.5 Å². The van der Waals surface area contributed by atoms with Gasteiger partial charge in [-0.2, -0.15) is 4.98 Å². The lowest BCUT2D eigenvalue weighted by atomic mass is 9.85. The maximum absolute atomic E-state index is 13.6. The number of hydrogen-bond donors (Lipinski definition) is 1. The van der Waals surface area contributed by atoms with E-state index >= 15 is 0 Å². The van der Waals surface area contributed by atoms with Crippen LogP contribution >= 0.6 is 0 Å². The lowest BCUT2D eigenvalue weighted by Crippen LogP contribution is -2.58. The molecule has 1 aliphatic heterocycles. The molecule has 1 aromatic carbocycles. The summed E-state index contributed by atoms with van der Waals surface area (Å²) in [5, 5.41) is 6.48. The summed E-state index contributed by atoms with van der Waals surface area (Å²) in [5.41, 5.74) is 0.429. The predicted molar refractivity (Wildman–Crippen MR) is 77.3 cm³/mol. The molecule has 0 spiro atoms. The molecule has 1 fully saturated rings. The van der Waals surface area contributed by atoms with E-state index in [1.165, 1.54) is 6.07 Å². The molecule has 2 amide bonds. The van der Waals surface area contributed by atoms with Crippen LogP contribution in [-0.4, -0.2) is 34.2 Å². The molecule has 0 unspecified atom stereocenters. The van der Waals surface area contributed by atoms with Gasteiger partial charge in [0.2, 0.25) is 0 Å². The molecule has 7 heteroatoms. The Morgan fingerprint density at radius 3 is 2.82 bits per heavy atom. The molecule has 1 aliphatic rings. The van der Waals surface area contributed by atoms with E-state index in [1.807, 2.05) is 0 Å². The summed E-state index contributed by atoms with van der Waals surface area (Å²) < 4.78 is 18.7. The first-order valence-corrected chi connectivity index (χ1v) is 7.05. The minimum atomic E-state index is -0.426.